The molecule has 0 bridgehead atoms. The lowest BCUT2D eigenvalue weighted by Crippen LogP contribution is -2.54. The van der Waals surface area contributed by atoms with Crippen molar-refractivity contribution in [3.05, 3.63) is 42.2 Å². The summed E-state index contributed by atoms with van der Waals surface area (Å²) in [6, 6.07) is 11.5. The van der Waals surface area contributed by atoms with E-state index in [0.717, 1.165) is 5.56 Å². The third-order valence-corrected chi connectivity index (χ3v) is 7.09. The summed E-state index contributed by atoms with van der Waals surface area (Å²) < 4.78 is 31.8. The second-order valence-electron chi connectivity index (χ2n) is 7.20. The van der Waals surface area contributed by atoms with Gasteiger partial charge in [0.05, 0.1) is 11.2 Å². The van der Waals surface area contributed by atoms with Gasteiger partial charge in [0.15, 0.2) is 0 Å². The summed E-state index contributed by atoms with van der Waals surface area (Å²) >= 11 is 0. The maximum Gasteiger partial charge on any atom is 0.228 e. The number of nitrogens with one attached hydrogen (secondary N) is 1. The molecule has 2 heterocycles. The van der Waals surface area contributed by atoms with Crippen molar-refractivity contribution in [3.63, 3.8) is 0 Å². The van der Waals surface area contributed by atoms with Gasteiger partial charge >= 0.3 is 0 Å². The molecule has 0 radical (unpaired) electrons. The molecule has 1 saturated heterocycles. The van der Waals surface area contributed by atoms with Crippen molar-refractivity contribution >= 4 is 15.9 Å². The molecule has 8 heteroatoms. The molecule has 1 N–H and O–H groups in total. The van der Waals surface area contributed by atoms with Crippen LogP contribution in [0.3, 0.4) is 0 Å². The van der Waals surface area contributed by atoms with E-state index in [0.29, 0.717) is 43.8 Å². The molecule has 0 saturated carbocycles. The van der Waals surface area contributed by atoms with Gasteiger partial charge in [-0.15, -0.1) is 0 Å². The van der Waals surface area contributed by atoms with Gasteiger partial charge in [0.2, 0.25) is 15.9 Å². The normalized spacial score (nSPS) is 20.8. The van der Waals surface area contributed by atoms with Gasteiger partial charge < -0.3 is 9.84 Å². The highest BCUT2D eigenvalue weighted by Gasteiger charge is 2.45. The van der Waals surface area contributed by atoms with Crippen molar-refractivity contribution in [3.8, 4) is 11.3 Å². The van der Waals surface area contributed by atoms with Crippen molar-refractivity contribution in [1.29, 1.82) is 0 Å². The fourth-order valence-electron chi connectivity index (χ4n) is 3.74. The highest BCUT2D eigenvalue weighted by molar-refractivity contribution is 7.89. The molecule has 2 aromatic rings. The van der Waals surface area contributed by atoms with Crippen molar-refractivity contribution in [1.82, 2.24) is 14.8 Å². The van der Waals surface area contributed by atoms with Crippen molar-refractivity contribution in [2.75, 3.05) is 25.4 Å². The summed E-state index contributed by atoms with van der Waals surface area (Å²) in [5.74, 6) is 0.475. The number of benzene rings is 1. The average Bonchev–Trinajstić information content (AvgIpc) is 3.17. The van der Waals surface area contributed by atoms with Gasteiger partial charge in [-0.25, -0.2) is 12.7 Å². The Morgan fingerprint density at radius 2 is 2.04 bits per heavy atom. The second-order valence-corrected chi connectivity index (χ2v) is 9.46. The molecule has 1 atom stereocenters. The van der Waals surface area contributed by atoms with Crippen LogP contribution in [0.1, 0.15) is 32.4 Å². The lowest BCUT2D eigenvalue weighted by Gasteiger charge is -2.40. The Labute approximate surface area is 166 Å². The third-order valence-electron chi connectivity index (χ3n) is 5.26. The van der Waals surface area contributed by atoms with E-state index in [-0.39, 0.29) is 18.2 Å². The van der Waals surface area contributed by atoms with Crippen LogP contribution < -0.4 is 5.32 Å². The van der Waals surface area contributed by atoms with E-state index in [4.69, 9.17) is 4.52 Å². The summed E-state index contributed by atoms with van der Waals surface area (Å²) in [6.07, 6.45) is 1.56. The number of carbonyl (C=O) groups is 1. The minimum absolute atomic E-state index is 0.0267. The topological polar surface area (TPSA) is 92.5 Å². The first-order valence-corrected chi connectivity index (χ1v) is 11.3. The fraction of sp³-hybridized carbons (Fsp3) is 0.500. The van der Waals surface area contributed by atoms with Crippen LogP contribution in [-0.4, -0.2) is 49.2 Å². The van der Waals surface area contributed by atoms with Gasteiger partial charge in [-0.2, -0.15) is 0 Å². The van der Waals surface area contributed by atoms with Crippen LogP contribution in [0.25, 0.3) is 11.3 Å². The van der Waals surface area contributed by atoms with E-state index in [1.165, 1.54) is 4.31 Å². The minimum atomic E-state index is -3.36. The number of rotatable bonds is 7. The van der Waals surface area contributed by atoms with Gasteiger partial charge in [0.25, 0.3) is 0 Å². The Morgan fingerprint density at radius 3 is 2.71 bits per heavy atom. The van der Waals surface area contributed by atoms with Gasteiger partial charge in [-0.3, -0.25) is 4.79 Å². The fourth-order valence-corrected chi connectivity index (χ4v) is 4.96. The van der Waals surface area contributed by atoms with Gasteiger partial charge in [-0.1, -0.05) is 35.5 Å². The number of hydrogen-bond acceptors (Lipinski definition) is 5. The van der Waals surface area contributed by atoms with E-state index < -0.39 is 15.4 Å². The molecule has 152 valence electrons. The Hall–Kier alpha value is -2.19. The number of amides is 1. The molecule has 1 aromatic heterocycles. The van der Waals surface area contributed by atoms with Gasteiger partial charge in [0, 0.05) is 37.7 Å². The number of carbonyl (C=O) groups excluding carboxylic acids is 1. The molecule has 1 aromatic carbocycles. The van der Waals surface area contributed by atoms with Crippen molar-refractivity contribution in [2.45, 2.75) is 33.1 Å². The van der Waals surface area contributed by atoms with Crippen LogP contribution in [0, 0.1) is 5.41 Å². The Bertz CT molecular complexity index is 911. The van der Waals surface area contributed by atoms with Crippen LogP contribution in [-0.2, 0) is 21.2 Å². The molecule has 1 fully saturated rings. The summed E-state index contributed by atoms with van der Waals surface area (Å²) in [5, 5.41) is 7.02. The molecule has 0 spiro atoms. The zero-order valence-corrected chi connectivity index (χ0v) is 17.2. The molecule has 0 aliphatic carbocycles. The van der Waals surface area contributed by atoms with Crippen LogP contribution in [0.5, 0.6) is 0 Å². The summed E-state index contributed by atoms with van der Waals surface area (Å²) in [6.45, 7) is 4.59. The van der Waals surface area contributed by atoms with Gasteiger partial charge in [-0.05, 0) is 26.7 Å². The number of aromatic nitrogens is 1. The largest absolute Gasteiger partial charge is 0.361 e. The van der Waals surface area contributed by atoms with Crippen LogP contribution in [0.2, 0.25) is 0 Å². The Balaban J connectivity index is 1.89. The maximum atomic E-state index is 13.0. The summed E-state index contributed by atoms with van der Waals surface area (Å²) in [7, 11) is -3.36. The molecule has 1 aliphatic rings. The number of nitrogens with zero attached hydrogens (tertiary/aromatic N) is 2. The summed E-state index contributed by atoms with van der Waals surface area (Å²) in [5.41, 5.74) is 0.781. The molecule has 1 amide bonds. The molecular weight excluding hydrogens is 378 g/mol. The summed E-state index contributed by atoms with van der Waals surface area (Å²) in [4.78, 5) is 13.0. The van der Waals surface area contributed by atoms with E-state index >= 15 is 0 Å². The van der Waals surface area contributed by atoms with Crippen molar-refractivity contribution in [2.24, 2.45) is 5.41 Å². The standard InChI is InChI=1S/C20H27N3O4S/c1-3-21-19(24)20(11-8-12-23(15-20)28(25,26)4-2)14-17-13-18(22-27-17)16-9-6-5-7-10-16/h5-7,9-10,13H,3-4,8,11-12,14-15H2,1-2H3,(H,21,24)/t20-/m0/s1. The number of sulfonamides is 1. The number of hydrogen-bond donors (Lipinski definition) is 1. The lowest BCUT2D eigenvalue weighted by molar-refractivity contribution is -0.133. The maximum absolute atomic E-state index is 13.0. The quantitative estimate of drug-likeness (QED) is 0.764. The average molecular weight is 406 g/mol. The smallest absolute Gasteiger partial charge is 0.228 e. The highest BCUT2D eigenvalue weighted by atomic mass is 32.2. The predicted molar refractivity (Wildman–Crippen MR) is 107 cm³/mol. The van der Waals surface area contributed by atoms with E-state index in [9.17, 15) is 13.2 Å². The second kappa shape index (κ2) is 8.45. The third kappa shape index (κ3) is 4.28. The number of piperidine rings is 1. The van der Waals surface area contributed by atoms with E-state index in [1.807, 2.05) is 43.3 Å². The lowest BCUT2D eigenvalue weighted by atomic mass is 9.76. The van der Waals surface area contributed by atoms with Gasteiger partial charge in [0.1, 0.15) is 11.5 Å². The first-order chi connectivity index (χ1) is 13.4. The predicted octanol–water partition coefficient (Wildman–Crippen LogP) is 2.45. The minimum Gasteiger partial charge on any atom is -0.361 e. The molecule has 1 aliphatic heterocycles. The van der Waals surface area contributed by atoms with E-state index in [1.54, 1.807) is 6.92 Å². The highest BCUT2D eigenvalue weighted by Crippen LogP contribution is 2.36. The molecule has 7 nitrogen and oxygen atoms in total. The first kappa shape index (κ1) is 20.5. The molecule has 0 unspecified atom stereocenters. The Morgan fingerprint density at radius 1 is 1.29 bits per heavy atom. The van der Waals surface area contributed by atoms with Crippen LogP contribution in [0.15, 0.2) is 40.9 Å². The molecular formula is C20H27N3O4S. The van der Waals surface area contributed by atoms with Crippen molar-refractivity contribution < 1.29 is 17.7 Å². The SMILES string of the molecule is CCNC(=O)[C@]1(Cc2cc(-c3ccccc3)no2)CCCN(S(=O)(=O)CC)C1. The zero-order valence-electron chi connectivity index (χ0n) is 16.3. The van der Waals surface area contributed by atoms with Crippen LogP contribution in [0.4, 0.5) is 0 Å². The van der Waals surface area contributed by atoms with Crippen LogP contribution >= 0.6 is 0 Å². The molecule has 28 heavy (non-hydrogen) atoms. The monoisotopic (exact) mass is 405 g/mol. The first-order valence-electron chi connectivity index (χ1n) is 9.67. The molecule has 3 rings (SSSR count). The zero-order chi connectivity index (χ0) is 20.2. The van der Waals surface area contributed by atoms with E-state index in [2.05, 4.69) is 10.5 Å². The Kier molecular flexibility index (Phi) is 6.20.